The second kappa shape index (κ2) is 4.75. The smallest absolute Gasteiger partial charge is 0.127 e. The molecule has 0 amide bonds. The van der Waals surface area contributed by atoms with Gasteiger partial charge in [-0.15, -0.1) is 0 Å². The summed E-state index contributed by atoms with van der Waals surface area (Å²) >= 11 is 0. The van der Waals surface area contributed by atoms with E-state index in [-0.39, 0.29) is 17.4 Å². The highest BCUT2D eigenvalue weighted by atomic mass is 19.1. The maximum atomic E-state index is 13.5. The fraction of sp³-hybridized carbons (Fsp3) is 0.538. The first-order chi connectivity index (χ1) is 6.96. The minimum atomic E-state index is -0.135. The first-order valence-corrected chi connectivity index (χ1v) is 5.48. The number of hydrogen-bond acceptors (Lipinski definition) is 1. The fourth-order valence-electron chi connectivity index (χ4n) is 1.59. The summed E-state index contributed by atoms with van der Waals surface area (Å²) in [7, 11) is 0. The van der Waals surface area contributed by atoms with Gasteiger partial charge in [-0.2, -0.15) is 0 Å². The molecule has 84 valence electrons. The van der Waals surface area contributed by atoms with Crippen molar-refractivity contribution in [2.45, 2.75) is 45.7 Å². The fourth-order valence-corrected chi connectivity index (χ4v) is 1.59. The largest absolute Gasteiger partial charge is 0.305 e. The van der Waals surface area contributed by atoms with E-state index in [4.69, 9.17) is 0 Å². The van der Waals surface area contributed by atoms with Gasteiger partial charge in [0.25, 0.3) is 0 Å². The zero-order valence-corrected chi connectivity index (χ0v) is 9.97. The van der Waals surface area contributed by atoms with Crippen molar-refractivity contribution in [1.82, 2.24) is 5.32 Å². The van der Waals surface area contributed by atoms with Gasteiger partial charge in [-0.05, 0) is 33.3 Å². The molecule has 0 aliphatic carbocycles. The lowest BCUT2D eigenvalue weighted by atomic mass is 9.98. The summed E-state index contributed by atoms with van der Waals surface area (Å²) in [4.78, 5) is 0. The van der Waals surface area contributed by atoms with Crippen LogP contribution in [0.3, 0.4) is 0 Å². The van der Waals surface area contributed by atoms with E-state index in [2.05, 4.69) is 26.1 Å². The average Bonchev–Trinajstić information content (AvgIpc) is 2.17. The van der Waals surface area contributed by atoms with E-state index in [0.29, 0.717) is 0 Å². The average molecular weight is 209 g/mol. The molecule has 0 heterocycles. The molecule has 1 atom stereocenters. The van der Waals surface area contributed by atoms with Gasteiger partial charge in [0.05, 0.1) is 0 Å². The van der Waals surface area contributed by atoms with Crippen molar-refractivity contribution in [3.8, 4) is 0 Å². The molecule has 0 bridgehead atoms. The quantitative estimate of drug-likeness (QED) is 0.798. The van der Waals surface area contributed by atoms with Crippen LogP contribution in [0.2, 0.25) is 0 Å². The van der Waals surface area contributed by atoms with E-state index in [1.165, 1.54) is 6.07 Å². The van der Waals surface area contributed by atoms with Crippen LogP contribution in [-0.4, -0.2) is 5.54 Å². The van der Waals surface area contributed by atoms with Gasteiger partial charge >= 0.3 is 0 Å². The topological polar surface area (TPSA) is 12.0 Å². The Morgan fingerprint density at radius 2 is 1.93 bits per heavy atom. The highest BCUT2D eigenvalue weighted by Gasteiger charge is 2.19. The molecule has 1 nitrogen and oxygen atoms in total. The maximum absolute atomic E-state index is 13.5. The first kappa shape index (κ1) is 12.2. The third-order valence-corrected chi connectivity index (χ3v) is 2.86. The van der Waals surface area contributed by atoms with Gasteiger partial charge in [0.15, 0.2) is 0 Å². The monoisotopic (exact) mass is 209 g/mol. The molecule has 1 rings (SSSR count). The second-order valence-corrected chi connectivity index (χ2v) is 4.62. The molecule has 0 radical (unpaired) electrons. The molecule has 0 aliphatic rings. The van der Waals surface area contributed by atoms with Crippen molar-refractivity contribution in [3.05, 3.63) is 35.6 Å². The van der Waals surface area contributed by atoms with Gasteiger partial charge < -0.3 is 5.32 Å². The van der Waals surface area contributed by atoms with Gasteiger partial charge in [-0.1, -0.05) is 25.1 Å². The van der Waals surface area contributed by atoms with Gasteiger partial charge in [0.2, 0.25) is 0 Å². The molecule has 15 heavy (non-hydrogen) atoms. The maximum Gasteiger partial charge on any atom is 0.127 e. The van der Waals surface area contributed by atoms with Crippen LogP contribution in [0.15, 0.2) is 24.3 Å². The summed E-state index contributed by atoms with van der Waals surface area (Å²) in [6.07, 6.45) is 1.02. The first-order valence-electron chi connectivity index (χ1n) is 5.48. The Bertz CT molecular complexity index is 320. The van der Waals surface area contributed by atoms with Crippen LogP contribution in [0.25, 0.3) is 0 Å². The van der Waals surface area contributed by atoms with Crippen LogP contribution < -0.4 is 5.32 Å². The van der Waals surface area contributed by atoms with E-state index < -0.39 is 0 Å². The lowest BCUT2D eigenvalue weighted by molar-refractivity contribution is 0.333. The molecule has 1 unspecified atom stereocenters. The predicted molar refractivity (Wildman–Crippen MR) is 62.3 cm³/mol. The summed E-state index contributed by atoms with van der Waals surface area (Å²) < 4.78 is 13.5. The lowest BCUT2D eigenvalue weighted by Crippen LogP contribution is -2.40. The Morgan fingerprint density at radius 1 is 1.33 bits per heavy atom. The van der Waals surface area contributed by atoms with E-state index in [1.54, 1.807) is 6.07 Å². The van der Waals surface area contributed by atoms with Crippen molar-refractivity contribution in [2.75, 3.05) is 0 Å². The number of rotatable bonds is 4. The van der Waals surface area contributed by atoms with Gasteiger partial charge in [0, 0.05) is 17.1 Å². The predicted octanol–water partition coefficient (Wildman–Crippen LogP) is 3.66. The summed E-state index contributed by atoms with van der Waals surface area (Å²) in [5.74, 6) is -0.135. The molecule has 1 aromatic carbocycles. The molecule has 0 aliphatic heterocycles. The molecule has 0 fully saturated rings. The molecule has 2 heteroatoms. The normalized spacial score (nSPS) is 13.9. The highest BCUT2D eigenvalue weighted by molar-refractivity contribution is 5.20. The molecule has 0 saturated carbocycles. The molecule has 1 N–H and O–H groups in total. The molecular weight excluding hydrogens is 189 g/mol. The van der Waals surface area contributed by atoms with Crippen LogP contribution in [0.5, 0.6) is 0 Å². The van der Waals surface area contributed by atoms with Crippen LogP contribution in [-0.2, 0) is 0 Å². The molecule has 0 aromatic heterocycles. The van der Waals surface area contributed by atoms with E-state index in [1.807, 2.05) is 19.1 Å². The Kier molecular flexibility index (Phi) is 3.86. The third-order valence-electron chi connectivity index (χ3n) is 2.86. The minimum absolute atomic E-state index is 0.0427. The highest BCUT2D eigenvalue weighted by Crippen LogP contribution is 2.20. The van der Waals surface area contributed by atoms with Crippen molar-refractivity contribution < 1.29 is 4.39 Å². The van der Waals surface area contributed by atoms with Crippen LogP contribution >= 0.6 is 0 Å². The summed E-state index contributed by atoms with van der Waals surface area (Å²) in [6.45, 7) is 8.38. The molecule has 0 spiro atoms. The molecule has 1 aromatic rings. The number of hydrogen-bond donors (Lipinski definition) is 1. The van der Waals surface area contributed by atoms with Crippen molar-refractivity contribution in [2.24, 2.45) is 0 Å². The SMILES string of the molecule is CCC(C)(C)NC(C)c1ccccc1F. The zero-order valence-electron chi connectivity index (χ0n) is 9.97. The zero-order chi connectivity index (χ0) is 11.5. The Balaban J connectivity index is 2.78. The Labute approximate surface area is 91.7 Å². The van der Waals surface area contributed by atoms with Crippen LogP contribution in [0.4, 0.5) is 4.39 Å². The standard InChI is InChI=1S/C13H20FN/c1-5-13(3,4)15-10(2)11-8-6-7-9-12(11)14/h6-10,15H,5H2,1-4H3. The van der Waals surface area contributed by atoms with E-state index in [9.17, 15) is 4.39 Å². The van der Waals surface area contributed by atoms with E-state index >= 15 is 0 Å². The summed E-state index contributed by atoms with van der Waals surface area (Å²) in [6, 6.07) is 6.97. The van der Waals surface area contributed by atoms with Gasteiger partial charge in [0.1, 0.15) is 5.82 Å². The van der Waals surface area contributed by atoms with Crippen LogP contribution in [0, 0.1) is 5.82 Å². The van der Waals surface area contributed by atoms with E-state index in [0.717, 1.165) is 12.0 Å². The van der Waals surface area contributed by atoms with Gasteiger partial charge in [-0.3, -0.25) is 0 Å². The van der Waals surface area contributed by atoms with Gasteiger partial charge in [-0.25, -0.2) is 4.39 Å². The van der Waals surface area contributed by atoms with Crippen molar-refractivity contribution >= 4 is 0 Å². The minimum Gasteiger partial charge on any atom is -0.305 e. The Hall–Kier alpha value is -0.890. The van der Waals surface area contributed by atoms with Crippen molar-refractivity contribution in [1.29, 1.82) is 0 Å². The van der Waals surface area contributed by atoms with Crippen molar-refractivity contribution in [3.63, 3.8) is 0 Å². The number of halogens is 1. The molecule has 0 saturated heterocycles. The summed E-state index contributed by atoms with van der Waals surface area (Å²) in [5, 5.41) is 3.42. The summed E-state index contributed by atoms with van der Waals surface area (Å²) in [5.41, 5.74) is 0.779. The second-order valence-electron chi connectivity index (χ2n) is 4.62. The number of benzene rings is 1. The lowest BCUT2D eigenvalue weighted by Gasteiger charge is -2.29. The number of nitrogens with one attached hydrogen (secondary N) is 1. The Morgan fingerprint density at radius 3 is 2.47 bits per heavy atom. The molecular formula is C13H20FN. The van der Waals surface area contributed by atoms with Crippen LogP contribution in [0.1, 0.15) is 45.7 Å². The third kappa shape index (κ3) is 3.31.